The van der Waals surface area contributed by atoms with Crippen molar-refractivity contribution in [2.45, 2.75) is 73.3 Å². The average Bonchev–Trinajstić information content (AvgIpc) is 2.94. The van der Waals surface area contributed by atoms with E-state index in [1.807, 2.05) is 4.90 Å². The van der Waals surface area contributed by atoms with Gasteiger partial charge in [-0.1, -0.05) is 37.6 Å². The molecule has 1 unspecified atom stereocenters. The zero-order valence-corrected chi connectivity index (χ0v) is 25.0. The number of aryl methyl sites for hydroxylation is 1. The molecule has 1 saturated heterocycles. The van der Waals surface area contributed by atoms with Crippen LogP contribution >= 0.6 is 0 Å². The van der Waals surface area contributed by atoms with Gasteiger partial charge in [-0.15, -0.1) is 0 Å². The summed E-state index contributed by atoms with van der Waals surface area (Å²) in [6, 6.07) is 13.0. The summed E-state index contributed by atoms with van der Waals surface area (Å²) in [4.78, 5) is 17.5. The summed E-state index contributed by atoms with van der Waals surface area (Å²) in [5, 5.41) is 0. The lowest BCUT2D eigenvalue weighted by molar-refractivity contribution is -0.136. The number of fused-ring (bicyclic) bond motifs is 1. The van der Waals surface area contributed by atoms with Crippen LogP contribution in [0.2, 0.25) is 0 Å². The molecule has 0 spiro atoms. The van der Waals surface area contributed by atoms with Crippen LogP contribution in [0.15, 0.2) is 42.0 Å². The summed E-state index contributed by atoms with van der Waals surface area (Å²) < 4.78 is 11.9. The van der Waals surface area contributed by atoms with Crippen LogP contribution < -0.4 is 9.47 Å². The Balaban J connectivity index is 1.40. The number of hydrogen-bond acceptors (Lipinski definition) is 4. The van der Waals surface area contributed by atoms with Gasteiger partial charge in [-0.25, -0.2) is 0 Å². The number of nitrogens with zero attached hydrogens (tertiary/aromatic N) is 2. The summed E-state index contributed by atoms with van der Waals surface area (Å²) in [5.74, 6) is 2.89. The molecule has 1 aliphatic carbocycles. The smallest absolute Gasteiger partial charge is 0.226 e. The molecule has 1 heterocycles. The molecule has 39 heavy (non-hydrogen) atoms. The molecule has 1 aliphatic heterocycles. The Kier molecular flexibility index (Phi) is 10.1. The summed E-state index contributed by atoms with van der Waals surface area (Å²) in [7, 11) is 1.73. The minimum Gasteiger partial charge on any atom is -0.496 e. The van der Waals surface area contributed by atoms with Gasteiger partial charge < -0.3 is 14.4 Å². The van der Waals surface area contributed by atoms with Crippen molar-refractivity contribution in [3.8, 4) is 11.5 Å². The second kappa shape index (κ2) is 13.5. The third kappa shape index (κ3) is 7.25. The molecule has 212 valence electrons. The normalized spacial score (nSPS) is 17.8. The van der Waals surface area contributed by atoms with Crippen LogP contribution in [-0.2, 0) is 24.2 Å². The van der Waals surface area contributed by atoms with Gasteiger partial charge in [-0.2, -0.15) is 0 Å². The van der Waals surface area contributed by atoms with Crippen molar-refractivity contribution in [1.29, 1.82) is 0 Å². The van der Waals surface area contributed by atoms with E-state index in [1.165, 1.54) is 27.8 Å². The minimum atomic E-state index is 0.139. The molecule has 1 atom stereocenters. The lowest BCUT2D eigenvalue weighted by Crippen LogP contribution is -2.45. The third-order valence-corrected chi connectivity index (χ3v) is 8.44. The first-order valence-electron chi connectivity index (χ1n) is 14.9. The number of hydrogen-bond donors (Lipinski definition) is 0. The van der Waals surface area contributed by atoms with Crippen LogP contribution in [-0.4, -0.2) is 55.5 Å². The average molecular weight is 533 g/mol. The Bertz CT molecular complexity index is 1170. The SMILES string of the molecule is CCN(CC)C(=O)C1CCCN(CC2=C(C)c3ccc(OCc4ccc(CC(C)C)cc4OC)cc3CC2)C1. The molecule has 0 radical (unpaired) electrons. The van der Waals surface area contributed by atoms with E-state index in [4.69, 9.17) is 9.47 Å². The number of allylic oxidation sites excluding steroid dienone is 1. The maximum atomic E-state index is 13.0. The Hall–Kier alpha value is -2.79. The highest BCUT2D eigenvalue weighted by Crippen LogP contribution is 2.35. The van der Waals surface area contributed by atoms with E-state index in [1.54, 1.807) is 7.11 Å². The highest BCUT2D eigenvalue weighted by atomic mass is 16.5. The molecule has 0 N–H and O–H groups in total. The number of ether oxygens (including phenoxy) is 2. The molecule has 0 bridgehead atoms. The van der Waals surface area contributed by atoms with Gasteiger partial charge in [-0.3, -0.25) is 9.69 Å². The number of rotatable bonds is 11. The molecular weight excluding hydrogens is 484 g/mol. The minimum absolute atomic E-state index is 0.139. The fourth-order valence-corrected chi connectivity index (χ4v) is 6.23. The molecule has 2 aromatic rings. The van der Waals surface area contributed by atoms with E-state index in [0.717, 1.165) is 81.9 Å². The van der Waals surface area contributed by atoms with E-state index in [9.17, 15) is 4.79 Å². The van der Waals surface area contributed by atoms with Crippen LogP contribution in [0.4, 0.5) is 0 Å². The summed E-state index contributed by atoms with van der Waals surface area (Å²) in [5.41, 5.74) is 7.97. The van der Waals surface area contributed by atoms with E-state index >= 15 is 0 Å². The number of methoxy groups -OCH3 is 1. The van der Waals surface area contributed by atoms with Gasteiger partial charge in [-0.05, 0) is 106 Å². The molecule has 5 heteroatoms. The molecule has 1 fully saturated rings. The van der Waals surface area contributed by atoms with Gasteiger partial charge in [0.05, 0.1) is 13.0 Å². The highest BCUT2D eigenvalue weighted by molar-refractivity contribution is 5.79. The molecule has 5 nitrogen and oxygen atoms in total. The summed E-state index contributed by atoms with van der Waals surface area (Å²) in [6.07, 6.45) is 5.26. The summed E-state index contributed by atoms with van der Waals surface area (Å²) >= 11 is 0. The van der Waals surface area contributed by atoms with Gasteiger partial charge in [0.2, 0.25) is 5.91 Å². The molecular formula is C34H48N2O3. The van der Waals surface area contributed by atoms with Crippen LogP contribution in [0.1, 0.15) is 76.1 Å². The number of carbonyl (C=O) groups is 1. The number of carbonyl (C=O) groups excluding carboxylic acids is 1. The van der Waals surface area contributed by atoms with E-state index in [0.29, 0.717) is 18.4 Å². The maximum absolute atomic E-state index is 13.0. The largest absolute Gasteiger partial charge is 0.496 e. The van der Waals surface area contributed by atoms with Crippen molar-refractivity contribution in [2.75, 3.05) is 39.8 Å². The third-order valence-electron chi connectivity index (χ3n) is 8.44. The van der Waals surface area contributed by atoms with Gasteiger partial charge >= 0.3 is 0 Å². The van der Waals surface area contributed by atoms with E-state index < -0.39 is 0 Å². The van der Waals surface area contributed by atoms with Crippen LogP contribution in [0, 0.1) is 11.8 Å². The number of amides is 1. The lowest BCUT2D eigenvalue weighted by atomic mass is 9.85. The molecule has 2 aromatic carbocycles. The highest BCUT2D eigenvalue weighted by Gasteiger charge is 2.29. The van der Waals surface area contributed by atoms with Gasteiger partial charge in [0.15, 0.2) is 0 Å². The number of benzene rings is 2. The Labute approximate surface area is 236 Å². The lowest BCUT2D eigenvalue weighted by Gasteiger charge is -2.36. The van der Waals surface area contributed by atoms with Crippen molar-refractivity contribution in [2.24, 2.45) is 11.8 Å². The number of piperidine rings is 1. The fraction of sp³-hybridized carbons (Fsp3) is 0.559. The second-order valence-corrected chi connectivity index (χ2v) is 11.7. The topological polar surface area (TPSA) is 42.0 Å². The second-order valence-electron chi connectivity index (χ2n) is 11.7. The van der Waals surface area contributed by atoms with E-state index in [-0.39, 0.29) is 5.92 Å². The van der Waals surface area contributed by atoms with Gasteiger partial charge in [0, 0.05) is 31.7 Å². The maximum Gasteiger partial charge on any atom is 0.226 e. The van der Waals surface area contributed by atoms with Crippen molar-refractivity contribution in [3.05, 3.63) is 64.2 Å². The predicted molar refractivity (Wildman–Crippen MR) is 160 cm³/mol. The Morgan fingerprint density at radius 3 is 2.62 bits per heavy atom. The molecule has 1 amide bonds. The first kappa shape index (κ1) is 29.2. The van der Waals surface area contributed by atoms with E-state index in [2.05, 4.69) is 75.9 Å². The quantitative estimate of drug-likeness (QED) is 0.320. The monoisotopic (exact) mass is 532 g/mol. The standard InChI is InChI=1S/C34H48N2O3/c1-7-36(8-2)34(37)29-10-9-17-35(22-29)21-28-14-13-27-20-31(15-16-32(27)25(28)5)39-23-30-12-11-26(18-24(3)4)19-33(30)38-6/h11-12,15-16,19-20,24,29H,7-10,13-14,17-18,21-23H2,1-6H3. The zero-order valence-electron chi connectivity index (χ0n) is 25.0. The molecule has 0 saturated carbocycles. The van der Waals surface area contributed by atoms with Crippen molar-refractivity contribution >= 4 is 11.5 Å². The Morgan fingerprint density at radius 1 is 1.10 bits per heavy atom. The van der Waals surface area contributed by atoms with Crippen LogP contribution in [0.3, 0.4) is 0 Å². The van der Waals surface area contributed by atoms with Gasteiger partial charge in [0.1, 0.15) is 18.1 Å². The van der Waals surface area contributed by atoms with Crippen molar-refractivity contribution in [3.63, 3.8) is 0 Å². The van der Waals surface area contributed by atoms with Crippen LogP contribution in [0.25, 0.3) is 5.57 Å². The number of likely N-dealkylation sites (tertiary alicyclic amines) is 1. The van der Waals surface area contributed by atoms with Gasteiger partial charge in [0.25, 0.3) is 0 Å². The van der Waals surface area contributed by atoms with Crippen molar-refractivity contribution < 1.29 is 14.3 Å². The van der Waals surface area contributed by atoms with Crippen LogP contribution in [0.5, 0.6) is 11.5 Å². The zero-order chi connectivity index (χ0) is 27.9. The molecule has 4 rings (SSSR count). The first-order chi connectivity index (χ1) is 18.8. The predicted octanol–water partition coefficient (Wildman–Crippen LogP) is 6.77. The first-order valence-corrected chi connectivity index (χ1v) is 14.9. The fourth-order valence-electron chi connectivity index (χ4n) is 6.23. The molecule has 2 aliphatic rings. The Morgan fingerprint density at radius 2 is 1.90 bits per heavy atom. The summed E-state index contributed by atoms with van der Waals surface area (Å²) in [6.45, 7) is 15.9. The van der Waals surface area contributed by atoms with Crippen molar-refractivity contribution in [1.82, 2.24) is 9.80 Å². The molecule has 0 aromatic heterocycles.